The molecule has 2 N–H and O–H groups in total. The fraction of sp³-hybridized carbons (Fsp3) is 0.409. The van der Waals surface area contributed by atoms with Gasteiger partial charge < -0.3 is 10.6 Å². The van der Waals surface area contributed by atoms with Gasteiger partial charge >= 0.3 is 0 Å². The monoisotopic (exact) mass is 432 g/mol. The highest BCUT2D eigenvalue weighted by molar-refractivity contribution is 7.89. The molecule has 3 rings (SSSR count). The van der Waals surface area contributed by atoms with E-state index in [4.69, 9.17) is 0 Å². The van der Waals surface area contributed by atoms with Crippen molar-refractivity contribution in [1.82, 2.24) is 14.9 Å². The van der Waals surface area contributed by atoms with Crippen LogP contribution in [-0.2, 0) is 23.1 Å². The number of hydrogen-bond donors (Lipinski definition) is 2. The largest absolute Gasteiger partial charge is 0.357 e. The Balaban J connectivity index is 1.68. The Hall–Kier alpha value is -2.45. The number of piperidine rings is 1. The predicted molar refractivity (Wildman–Crippen MR) is 117 cm³/mol. The molecule has 2 aromatic carbocycles. The van der Waals surface area contributed by atoms with Gasteiger partial charge in [0.05, 0.1) is 11.4 Å². The van der Waals surface area contributed by atoms with Crippen molar-refractivity contribution in [3.8, 4) is 0 Å². The lowest BCUT2D eigenvalue weighted by molar-refractivity contribution is 0.346. The number of nitrogens with one attached hydrogen (secondary N) is 2. The highest BCUT2D eigenvalue weighted by Crippen LogP contribution is 2.21. The SMILES string of the molecule is CCNC(=NCc1cccc(S(=O)(=O)N2CCCCC2)c1)NCc1ccc(F)cc1. The van der Waals surface area contributed by atoms with Crippen molar-refractivity contribution >= 4 is 16.0 Å². The summed E-state index contributed by atoms with van der Waals surface area (Å²) in [5.74, 6) is 0.352. The maximum absolute atomic E-state index is 13.0. The number of aliphatic imine (C=N–C) groups is 1. The van der Waals surface area contributed by atoms with Crippen LogP contribution in [0, 0.1) is 5.82 Å². The van der Waals surface area contributed by atoms with E-state index in [9.17, 15) is 12.8 Å². The van der Waals surface area contributed by atoms with E-state index >= 15 is 0 Å². The predicted octanol–water partition coefficient (Wildman–Crippen LogP) is 3.26. The Bertz CT molecular complexity index is 955. The lowest BCUT2D eigenvalue weighted by Gasteiger charge is -2.26. The molecule has 1 fully saturated rings. The van der Waals surface area contributed by atoms with Gasteiger partial charge in [0.1, 0.15) is 5.82 Å². The van der Waals surface area contributed by atoms with Crippen molar-refractivity contribution in [2.45, 2.75) is 44.2 Å². The van der Waals surface area contributed by atoms with Gasteiger partial charge in [0.15, 0.2) is 5.96 Å². The molecule has 0 aliphatic carbocycles. The van der Waals surface area contributed by atoms with Crippen LogP contribution in [0.4, 0.5) is 4.39 Å². The minimum atomic E-state index is -3.46. The molecule has 0 saturated carbocycles. The molecule has 162 valence electrons. The number of benzene rings is 2. The zero-order valence-electron chi connectivity index (χ0n) is 17.3. The third-order valence-electron chi connectivity index (χ3n) is 4.99. The molecule has 1 saturated heterocycles. The number of nitrogens with zero attached hydrogens (tertiary/aromatic N) is 2. The molecule has 0 amide bonds. The molecule has 1 aliphatic heterocycles. The molecule has 0 bridgehead atoms. The molecular weight excluding hydrogens is 403 g/mol. The minimum absolute atomic E-state index is 0.265. The Morgan fingerprint density at radius 3 is 2.47 bits per heavy atom. The summed E-state index contributed by atoms with van der Waals surface area (Å²) < 4.78 is 40.4. The van der Waals surface area contributed by atoms with Crippen LogP contribution in [0.3, 0.4) is 0 Å². The Morgan fingerprint density at radius 2 is 1.77 bits per heavy atom. The number of rotatable bonds is 7. The lowest BCUT2D eigenvalue weighted by Crippen LogP contribution is -2.36. The second-order valence-electron chi connectivity index (χ2n) is 7.29. The van der Waals surface area contributed by atoms with Crippen molar-refractivity contribution in [3.05, 3.63) is 65.5 Å². The maximum Gasteiger partial charge on any atom is 0.243 e. The molecule has 2 aromatic rings. The molecule has 0 aromatic heterocycles. The highest BCUT2D eigenvalue weighted by Gasteiger charge is 2.25. The van der Waals surface area contributed by atoms with E-state index in [-0.39, 0.29) is 5.82 Å². The van der Waals surface area contributed by atoms with Crippen molar-refractivity contribution in [1.29, 1.82) is 0 Å². The molecule has 8 heteroatoms. The van der Waals surface area contributed by atoms with E-state index in [1.807, 2.05) is 13.0 Å². The van der Waals surface area contributed by atoms with Crippen molar-refractivity contribution in [3.63, 3.8) is 0 Å². The van der Waals surface area contributed by atoms with Gasteiger partial charge in [0.25, 0.3) is 0 Å². The molecule has 1 aliphatic rings. The first-order valence-corrected chi connectivity index (χ1v) is 11.8. The Kier molecular flexibility index (Phi) is 7.81. The van der Waals surface area contributed by atoms with E-state index in [1.165, 1.54) is 12.1 Å². The fourth-order valence-electron chi connectivity index (χ4n) is 3.36. The summed E-state index contributed by atoms with van der Waals surface area (Å²) in [5, 5.41) is 6.38. The second kappa shape index (κ2) is 10.5. The number of sulfonamides is 1. The lowest BCUT2D eigenvalue weighted by atomic mass is 10.2. The van der Waals surface area contributed by atoms with Crippen LogP contribution in [0.5, 0.6) is 0 Å². The topological polar surface area (TPSA) is 73.8 Å². The van der Waals surface area contributed by atoms with E-state index in [2.05, 4.69) is 15.6 Å². The average molecular weight is 433 g/mol. The van der Waals surface area contributed by atoms with Gasteiger partial charge in [0.2, 0.25) is 10.0 Å². The molecule has 1 heterocycles. The summed E-state index contributed by atoms with van der Waals surface area (Å²) >= 11 is 0. The molecule has 0 spiro atoms. The van der Waals surface area contributed by atoms with E-state index < -0.39 is 10.0 Å². The van der Waals surface area contributed by atoms with E-state index in [1.54, 1.807) is 34.6 Å². The van der Waals surface area contributed by atoms with Crippen LogP contribution >= 0.6 is 0 Å². The first-order chi connectivity index (χ1) is 14.5. The Morgan fingerprint density at radius 1 is 1.03 bits per heavy atom. The van der Waals surface area contributed by atoms with Crippen molar-refractivity contribution < 1.29 is 12.8 Å². The quantitative estimate of drug-likeness (QED) is 0.520. The van der Waals surface area contributed by atoms with Crippen LogP contribution in [0.25, 0.3) is 0 Å². The van der Waals surface area contributed by atoms with Gasteiger partial charge in [-0.2, -0.15) is 4.31 Å². The molecule has 6 nitrogen and oxygen atoms in total. The van der Waals surface area contributed by atoms with Crippen LogP contribution in [-0.4, -0.2) is 38.3 Å². The summed E-state index contributed by atoms with van der Waals surface area (Å²) in [6, 6.07) is 13.3. The van der Waals surface area contributed by atoms with Crippen LogP contribution < -0.4 is 10.6 Å². The van der Waals surface area contributed by atoms with Gasteiger partial charge in [-0.3, -0.25) is 0 Å². The minimum Gasteiger partial charge on any atom is -0.357 e. The molecule has 0 atom stereocenters. The zero-order valence-corrected chi connectivity index (χ0v) is 18.1. The number of halogens is 1. The van der Waals surface area contributed by atoms with Gasteiger partial charge in [0, 0.05) is 26.2 Å². The third kappa shape index (κ3) is 6.03. The van der Waals surface area contributed by atoms with Gasteiger partial charge in [-0.05, 0) is 55.2 Å². The number of hydrogen-bond acceptors (Lipinski definition) is 3. The van der Waals surface area contributed by atoms with E-state index in [0.29, 0.717) is 43.6 Å². The standard InChI is InChI=1S/C22H29FN4O2S/c1-2-24-22(25-16-18-9-11-20(23)12-10-18)26-17-19-7-6-8-21(15-19)30(28,29)27-13-4-3-5-14-27/h6-12,15H,2-5,13-14,16-17H2,1H3,(H2,24,25,26). The van der Waals surface area contributed by atoms with Gasteiger partial charge in [-0.25, -0.2) is 17.8 Å². The summed E-state index contributed by atoms with van der Waals surface area (Å²) in [4.78, 5) is 4.88. The maximum atomic E-state index is 13.0. The smallest absolute Gasteiger partial charge is 0.243 e. The van der Waals surface area contributed by atoms with Crippen LogP contribution in [0.15, 0.2) is 58.4 Å². The van der Waals surface area contributed by atoms with Crippen LogP contribution in [0.1, 0.15) is 37.3 Å². The van der Waals surface area contributed by atoms with Crippen molar-refractivity contribution in [2.24, 2.45) is 4.99 Å². The normalized spacial score (nSPS) is 15.7. The highest BCUT2D eigenvalue weighted by atomic mass is 32.2. The first-order valence-electron chi connectivity index (χ1n) is 10.3. The van der Waals surface area contributed by atoms with Gasteiger partial charge in [-0.1, -0.05) is 30.7 Å². The summed E-state index contributed by atoms with van der Waals surface area (Å²) in [5.41, 5.74) is 1.77. The molecule has 0 unspecified atom stereocenters. The van der Waals surface area contributed by atoms with Crippen LogP contribution in [0.2, 0.25) is 0 Å². The molecule has 30 heavy (non-hydrogen) atoms. The average Bonchev–Trinajstić information content (AvgIpc) is 2.77. The van der Waals surface area contributed by atoms with Crippen molar-refractivity contribution in [2.75, 3.05) is 19.6 Å². The molecule has 0 radical (unpaired) electrons. The fourth-order valence-corrected chi connectivity index (χ4v) is 4.95. The summed E-state index contributed by atoms with van der Waals surface area (Å²) in [7, 11) is -3.46. The summed E-state index contributed by atoms with van der Waals surface area (Å²) in [6.45, 7) is 4.70. The third-order valence-corrected chi connectivity index (χ3v) is 6.88. The first kappa shape index (κ1) is 22.2. The number of guanidine groups is 1. The van der Waals surface area contributed by atoms with Gasteiger partial charge in [-0.15, -0.1) is 0 Å². The van der Waals surface area contributed by atoms with E-state index in [0.717, 1.165) is 30.4 Å². The second-order valence-corrected chi connectivity index (χ2v) is 9.23. The molecular formula is C22H29FN4O2S. The Labute approximate surface area is 178 Å². The summed E-state index contributed by atoms with van der Waals surface area (Å²) in [6.07, 6.45) is 2.91. The zero-order chi connectivity index (χ0) is 21.4.